The molecule has 1 aromatic heterocycles. The van der Waals surface area contributed by atoms with Gasteiger partial charge in [-0.15, -0.1) is 0 Å². The molecule has 2 aliphatic rings. The molecule has 3 rings (SSSR count). The van der Waals surface area contributed by atoms with Gasteiger partial charge in [-0.1, -0.05) is 6.92 Å². The standard InChI is InChI=1S/C17H19N3O5/c1-8-11(7-19-5-3-4-10(6-19)15(18)22)14(17(24)25)20-13(8)12(9(2)21)16(20)23/h3-6,8-9,12-13,21H,7H2,1-2H3,(H2-,18,22,24,25)/p+1/t8-,9+,12+,13+/m0/s1. The fraction of sp³-hybridized carbons (Fsp3) is 0.412. The summed E-state index contributed by atoms with van der Waals surface area (Å²) < 4.78 is 1.67. The second kappa shape index (κ2) is 5.96. The van der Waals surface area contributed by atoms with Crippen molar-refractivity contribution < 1.29 is 29.2 Å². The van der Waals surface area contributed by atoms with Gasteiger partial charge in [0.15, 0.2) is 18.9 Å². The monoisotopic (exact) mass is 346 g/mol. The van der Waals surface area contributed by atoms with Crippen LogP contribution in [0.2, 0.25) is 0 Å². The Bertz CT molecular complexity index is 801. The smallest absolute Gasteiger partial charge is 0.352 e. The number of aliphatic hydroxyl groups excluding tert-OH is 1. The molecule has 0 aromatic carbocycles. The molecule has 8 heteroatoms. The summed E-state index contributed by atoms with van der Waals surface area (Å²) in [4.78, 5) is 36.6. The van der Waals surface area contributed by atoms with Crippen molar-refractivity contribution in [2.75, 3.05) is 0 Å². The molecule has 0 radical (unpaired) electrons. The topological polar surface area (TPSA) is 125 Å². The van der Waals surface area contributed by atoms with Crippen molar-refractivity contribution in [3.8, 4) is 0 Å². The van der Waals surface area contributed by atoms with Gasteiger partial charge in [-0.25, -0.2) is 9.36 Å². The third-order valence-electron chi connectivity index (χ3n) is 5.01. The largest absolute Gasteiger partial charge is 0.477 e. The molecular formula is C17H20N3O5+. The van der Waals surface area contributed by atoms with E-state index in [0.29, 0.717) is 11.1 Å². The maximum atomic E-state index is 12.3. The van der Waals surface area contributed by atoms with Crippen LogP contribution in [0, 0.1) is 11.8 Å². The zero-order valence-corrected chi connectivity index (χ0v) is 13.9. The quantitative estimate of drug-likeness (QED) is 0.479. The van der Waals surface area contributed by atoms with Gasteiger partial charge in [0, 0.05) is 17.6 Å². The van der Waals surface area contributed by atoms with Gasteiger partial charge in [-0.3, -0.25) is 9.59 Å². The number of rotatable bonds is 5. The maximum absolute atomic E-state index is 12.3. The second-order valence-corrected chi connectivity index (χ2v) is 6.56. The van der Waals surface area contributed by atoms with Gasteiger partial charge >= 0.3 is 5.97 Å². The normalized spacial score (nSPS) is 26.3. The molecule has 1 aromatic rings. The molecule has 0 saturated carbocycles. The van der Waals surface area contributed by atoms with E-state index in [1.807, 2.05) is 6.92 Å². The number of carboxylic acid groups (broad SMARTS) is 1. The Morgan fingerprint density at radius 3 is 2.68 bits per heavy atom. The van der Waals surface area contributed by atoms with Gasteiger partial charge in [0.1, 0.15) is 11.3 Å². The van der Waals surface area contributed by atoms with Crippen molar-refractivity contribution in [3.05, 3.63) is 41.4 Å². The molecule has 2 amide bonds. The van der Waals surface area contributed by atoms with Crippen molar-refractivity contribution in [1.82, 2.24) is 4.90 Å². The van der Waals surface area contributed by atoms with Crippen LogP contribution in [0.4, 0.5) is 0 Å². The number of aliphatic carboxylic acids is 1. The Morgan fingerprint density at radius 1 is 1.44 bits per heavy atom. The summed E-state index contributed by atoms with van der Waals surface area (Å²) in [7, 11) is 0. The molecule has 0 bridgehead atoms. The lowest BCUT2D eigenvalue weighted by Crippen LogP contribution is -2.63. The Kier molecular flexibility index (Phi) is 4.08. The highest BCUT2D eigenvalue weighted by atomic mass is 16.4. The highest BCUT2D eigenvalue weighted by Gasteiger charge is 2.60. The molecule has 0 aliphatic carbocycles. The summed E-state index contributed by atoms with van der Waals surface area (Å²) >= 11 is 0. The third-order valence-corrected chi connectivity index (χ3v) is 5.01. The van der Waals surface area contributed by atoms with Crippen LogP contribution in [-0.4, -0.2) is 45.0 Å². The first-order valence-corrected chi connectivity index (χ1v) is 8.00. The number of carbonyl (C=O) groups excluding carboxylic acids is 2. The van der Waals surface area contributed by atoms with E-state index in [1.165, 1.54) is 11.8 Å². The minimum absolute atomic E-state index is 0.0311. The number of carboxylic acids is 1. The summed E-state index contributed by atoms with van der Waals surface area (Å²) in [5.41, 5.74) is 6.14. The molecular weight excluding hydrogens is 326 g/mol. The fourth-order valence-electron chi connectivity index (χ4n) is 3.82. The summed E-state index contributed by atoms with van der Waals surface area (Å²) in [6.07, 6.45) is 2.41. The van der Waals surface area contributed by atoms with Gasteiger partial charge in [-0.2, -0.15) is 0 Å². The van der Waals surface area contributed by atoms with Crippen molar-refractivity contribution in [1.29, 1.82) is 0 Å². The number of aliphatic hydroxyl groups is 1. The highest BCUT2D eigenvalue weighted by Crippen LogP contribution is 2.47. The van der Waals surface area contributed by atoms with Gasteiger partial charge in [0.25, 0.3) is 5.91 Å². The fourth-order valence-corrected chi connectivity index (χ4v) is 3.82. The number of β-lactam (4-membered cyclic amide) rings is 1. The van der Waals surface area contributed by atoms with Crippen LogP contribution < -0.4 is 10.3 Å². The predicted octanol–water partition coefficient (Wildman–Crippen LogP) is -0.731. The number of carbonyl (C=O) groups is 3. The van der Waals surface area contributed by atoms with Gasteiger partial charge in [0.05, 0.1) is 18.1 Å². The van der Waals surface area contributed by atoms with Gasteiger partial charge in [-0.05, 0) is 13.0 Å². The van der Waals surface area contributed by atoms with Crippen LogP contribution in [0.25, 0.3) is 0 Å². The lowest BCUT2D eigenvalue weighted by atomic mass is 9.78. The van der Waals surface area contributed by atoms with Crippen molar-refractivity contribution in [2.45, 2.75) is 32.5 Å². The molecule has 1 saturated heterocycles. The van der Waals surface area contributed by atoms with Crippen LogP contribution in [0.15, 0.2) is 35.8 Å². The molecule has 4 N–H and O–H groups in total. The molecule has 4 atom stereocenters. The van der Waals surface area contributed by atoms with Crippen molar-refractivity contribution in [3.63, 3.8) is 0 Å². The van der Waals surface area contributed by atoms with Gasteiger partial charge in [0.2, 0.25) is 5.91 Å². The summed E-state index contributed by atoms with van der Waals surface area (Å²) in [6, 6.07) is 2.87. The minimum Gasteiger partial charge on any atom is -0.477 e. The molecule has 132 valence electrons. The van der Waals surface area contributed by atoms with E-state index >= 15 is 0 Å². The Hall–Kier alpha value is -2.74. The Balaban J connectivity index is 1.97. The molecule has 0 spiro atoms. The number of pyridine rings is 1. The summed E-state index contributed by atoms with van der Waals surface area (Å²) in [5, 5.41) is 19.4. The number of hydrogen-bond acceptors (Lipinski definition) is 4. The van der Waals surface area contributed by atoms with Crippen LogP contribution in [0.3, 0.4) is 0 Å². The average molecular weight is 346 g/mol. The first kappa shape index (κ1) is 17.1. The zero-order valence-electron chi connectivity index (χ0n) is 13.9. The van der Waals surface area contributed by atoms with Crippen LogP contribution >= 0.6 is 0 Å². The van der Waals surface area contributed by atoms with E-state index < -0.39 is 23.9 Å². The number of fused-ring (bicyclic) bond motifs is 1. The maximum Gasteiger partial charge on any atom is 0.352 e. The SMILES string of the molecule is C[C@@H](O)[C@H]1C(=O)N2C(C(=O)O)=C(C[n+]3cccc(C(N)=O)c3)[C@H](C)[C@H]12. The summed E-state index contributed by atoms with van der Waals surface area (Å²) in [5.74, 6) is -2.92. The third kappa shape index (κ3) is 2.58. The molecule has 3 heterocycles. The van der Waals surface area contributed by atoms with Crippen molar-refractivity contribution in [2.24, 2.45) is 17.6 Å². The zero-order chi connectivity index (χ0) is 18.5. The number of nitrogens with two attached hydrogens (primary N) is 1. The molecule has 1 fully saturated rings. The molecule has 25 heavy (non-hydrogen) atoms. The Labute approximate surface area is 144 Å². The highest BCUT2D eigenvalue weighted by molar-refractivity contribution is 6.00. The minimum atomic E-state index is -1.17. The molecule has 0 unspecified atom stereocenters. The number of amides is 2. The van der Waals surface area contributed by atoms with Gasteiger partial charge < -0.3 is 20.8 Å². The van der Waals surface area contributed by atoms with E-state index in [1.54, 1.807) is 29.1 Å². The lowest BCUT2D eigenvalue weighted by molar-refractivity contribution is -0.689. The first-order valence-electron chi connectivity index (χ1n) is 8.00. The van der Waals surface area contributed by atoms with Crippen LogP contribution in [0.5, 0.6) is 0 Å². The Morgan fingerprint density at radius 2 is 2.12 bits per heavy atom. The van der Waals surface area contributed by atoms with Crippen molar-refractivity contribution >= 4 is 17.8 Å². The van der Waals surface area contributed by atoms with Crippen LogP contribution in [0.1, 0.15) is 24.2 Å². The van der Waals surface area contributed by atoms with E-state index in [-0.39, 0.29) is 30.1 Å². The van der Waals surface area contributed by atoms with Crippen LogP contribution in [-0.2, 0) is 16.1 Å². The average Bonchev–Trinajstić information content (AvgIpc) is 2.77. The molecule has 8 nitrogen and oxygen atoms in total. The number of primary amides is 1. The molecule has 2 aliphatic heterocycles. The number of hydrogen-bond donors (Lipinski definition) is 3. The van der Waals surface area contributed by atoms with E-state index in [9.17, 15) is 24.6 Å². The first-order chi connectivity index (χ1) is 11.7. The number of aromatic nitrogens is 1. The lowest BCUT2D eigenvalue weighted by Gasteiger charge is -2.46. The van der Waals surface area contributed by atoms with E-state index in [0.717, 1.165) is 0 Å². The summed E-state index contributed by atoms with van der Waals surface area (Å²) in [6.45, 7) is 3.61. The predicted molar refractivity (Wildman–Crippen MR) is 84.8 cm³/mol. The number of nitrogens with zero attached hydrogens (tertiary/aromatic N) is 2. The van der Waals surface area contributed by atoms with E-state index in [4.69, 9.17) is 5.73 Å². The van der Waals surface area contributed by atoms with E-state index in [2.05, 4.69) is 0 Å². The second-order valence-electron chi connectivity index (χ2n) is 6.56.